The van der Waals surface area contributed by atoms with Crippen LogP contribution in [-0.2, 0) is 14.3 Å². The first-order valence-corrected chi connectivity index (χ1v) is 8.10. The molecule has 0 atom stereocenters. The van der Waals surface area contributed by atoms with Gasteiger partial charge in [-0.15, -0.1) is 0 Å². The van der Waals surface area contributed by atoms with Gasteiger partial charge in [0, 0.05) is 5.56 Å². The lowest BCUT2D eigenvalue weighted by Gasteiger charge is -2.09. The number of amides is 1. The summed E-state index contributed by atoms with van der Waals surface area (Å²) in [6.45, 7) is 1.61. The van der Waals surface area contributed by atoms with Gasteiger partial charge in [-0.2, -0.15) is 5.26 Å². The second-order valence-corrected chi connectivity index (χ2v) is 5.24. The molecule has 0 aromatic heterocycles. The van der Waals surface area contributed by atoms with Gasteiger partial charge in [0.1, 0.15) is 23.2 Å². The maximum atomic E-state index is 13.7. The van der Waals surface area contributed by atoms with Crippen LogP contribution in [-0.4, -0.2) is 25.1 Å². The summed E-state index contributed by atoms with van der Waals surface area (Å²) in [5.41, 5.74) is 0.142. The third kappa shape index (κ3) is 5.68. The molecule has 27 heavy (non-hydrogen) atoms. The van der Waals surface area contributed by atoms with Gasteiger partial charge in [-0.1, -0.05) is 30.3 Å². The van der Waals surface area contributed by atoms with Crippen molar-refractivity contribution in [3.05, 3.63) is 65.5 Å². The second kappa shape index (κ2) is 9.73. The number of para-hydroxylation sites is 2. The highest BCUT2D eigenvalue weighted by Crippen LogP contribution is 2.22. The van der Waals surface area contributed by atoms with Gasteiger partial charge in [0.05, 0.1) is 12.3 Å². The number of ether oxygens (including phenoxy) is 2. The molecule has 2 aromatic carbocycles. The number of nitrogens with one attached hydrogen (secondary N) is 1. The summed E-state index contributed by atoms with van der Waals surface area (Å²) in [5.74, 6) is -1.60. The summed E-state index contributed by atoms with van der Waals surface area (Å²) in [6.07, 6.45) is 1.30. The number of nitriles is 1. The molecule has 0 unspecified atom stereocenters. The minimum absolute atomic E-state index is 0.0319. The predicted octanol–water partition coefficient (Wildman–Crippen LogP) is 3.31. The molecule has 0 radical (unpaired) electrons. The van der Waals surface area contributed by atoms with Crippen LogP contribution in [0.1, 0.15) is 12.5 Å². The molecule has 2 aromatic rings. The number of anilines is 1. The van der Waals surface area contributed by atoms with E-state index >= 15 is 0 Å². The van der Waals surface area contributed by atoms with Crippen molar-refractivity contribution in [3.8, 4) is 11.8 Å². The molecule has 1 amide bonds. The van der Waals surface area contributed by atoms with Crippen LogP contribution in [0.3, 0.4) is 0 Å². The topological polar surface area (TPSA) is 88.4 Å². The van der Waals surface area contributed by atoms with Crippen molar-refractivity contribution in [1.82, 2.24) is 0 Å². The average molecular weight is 368 g/mol. The third-order valence-corrected chi connectivity index (χ3v) is 3.36. The minimum atomic E-state index is -0.761. The van der Waals surface area contributed by atoms with Crippen molar-refractivity contribution in [2.45, 2.75) is 6.92 Å². The Hall–Kier alpha value is -3.66. The molecular weight excluding hydrogens is 351 g/mol. The Morgan fingerprint density at radius 2 is 1.89 bits per heavy atom. The molecule has 0 aliphatic heterocycles. The Kier molecular flexibility index (Phi) is 7.08. The van der Waals surface area contributed by atoms with Gasteiger partial charge in [-0.3, -0.25) is 4.79 Å². The summed E-state index contributed by atoms with van der Waals surface area (Å²) < 4.78 is 23.9. The van der Waals surface area contributed by atoms with Crippen LogP contribution in [0, 0.1) is 17.1 Å². The largest absolute Gasteiger partial charge is 0.481 e. The fourth-order valence-electron chi connectivity index (χ4n) is 2.13. The van der Waals surface area contributed by atoms with Crippen LogP contribution >= 0.6 is 0 Å². The van der Waals surface area contributed by atoms with Gasteiger partial charge >= 0.3 is 5.97 Å². The molecule has 0 heterocycles. The zero-order chi connectivity index (χ0) is 19.6. The van der Waals surface area contributed by atoms with Gasteiger partial charge < -0.3 is 14.8 Å². The molecule has 1 N–H and O–H groups in total. The predicted molar refractivity (Wildman–Crippen MR) is 97.2 cm³/mol. The van der Waals surface area contributed by atoms with E-state index in [0.29, 0.717) is 11.3 Å². The normalized spacial score (nSPS) is 10.6. The van der Waals surface area contributed by atoms with E-state index in [4.69, 9.17) is 9.47 Å². The van der Waals surface area contributed by atoms with E-state index in [9.17, 15) is 19.2 Å². The van der Waals surface area contributed by atoms with Crippen LogP contribution in [0.15, 0.2) is 54.1 Å². The number of rotatable bonds is 7. The summed E-state index contributed by atoms with van der Waals surface area (Å²) in [4.78, 5) is 23.7. The van der Waals surface area contributed by atoms with Crippen LogP contribution in [0.2, 0.25) is 0 Å². The summed E-state index contributed by atoms with van der Waals surface area (Å²) >= 11 is 0. The molecule has 0 saturated carbocycles. The molecule has 7 heteroatoms. The van der Waals surface area contributed by atoms with E-state index in [1.807, 2.05) is 0 Å². The number of nitrogens with zero attached hydrogens (tertiary/aromatic N) is 1. The number of hydrogen-bond donors (Lipinski definition) is 1. The SMILES string of the molecule is CCOC(=O)COc1ccccc1/C=C(/C#N)C(=O)Nc1ccccc1F. The monoisotopic (exact) mass is 368 g/mol. The van der Waals surface area contributed by atoms with Crippen LogP contribution in [0.4, 0.5) is 10.1 Å². The van der Waals surface area contributed by atoms with Crippen molar-refractivity contribution in [1.29, 1.82) is 5.26 Å². The van der Waals surface area contributed by atoms with Crippen molar-refractivity contribution < 1.29 is 23.5 Å². The first-order chi connectivity index (χ1) is 13.0. The van der Waals surface area contributed by atoms with E-state index in [1.165, 1.54) is 24.3 Å². The van der Waals surface area contributed by atoms with Gasteiger partial charge in [-0.25, -0.2) is 9.18 Å². The lowest BCUT2D eigenvalue weighted by molar-refractivity contribution is -0.145. The quantitative estimate of drug-likeness (QED) is 0.460. The Labute approximate surface area is 155 Å². The lowest BCUT2D eigenvalue weighted by atomic mass is 10.1. The highest BCUT2D eigenvalue weighted by molar-refractivity contribution is 6.09. The second-order valence-electron chi connectivity index (χ2n) is 5.24. The Balaban J connectivity index is 2.19. The molecule has 6 nitrogen and oxygen atoms in total. The van der Waals surface area contributed by atoms with Crippen molar-refractivity contribution >= 4 is 23.6 Å². The molecule has 0 fully saturated rings. The molecule has 0 aliphatic rings. The number of carbonyl (C=O) groups excluding carboxylic acids is 2. The van der Waals surface area contributed by atoms with Gasteiger partial charge in [-0.05, 0) is 31.2 Å². The molecule has 138 valence electrons. The van der Waals surface area contributed by atoms with Gasteiger partial charge in [0.15, 0.2) is 6.61 Å². The number of esters is 1. The minimum Gasteiger partial charge on any atom is -0.481 e. The van der Waals surface area contributed by atoms with E-state index in [0.717, 1.165) is 0 Å². The summed E-state index contributed by atoms with van der Waals surface area (Å²) in [5, 5.41) is 11.6. The van der Waals surface area contributed by atoms with Crippen molar-refractivity contribution in [2.24, 2.45) is 0 Å². The Bertz CT molecular complexity index is 903. The zero-order valence-corrected chi connectivity index (χ0v) is 14.6. The number of benzene rings is 2. The number of halogens is 1. The molecule has 0 spiro atoms. The fraction of sp³-hybridized carbons (Fsp3) is 0.150. The Morgan fingerprint density at radius 1 is 1.19 bits per heavy atom. The van der Waals surface area contributed by atoms with Gasteiger partial charge in [0.2, 0.25) is 0 Å². The van der Waals surface area contributed by atoms with Crippen molar-refractivity contribution in [2.75, 3.05) is 18.5 Å². The molecule has 0 aliphatic carbocycles. The zero-order valence-electron chi connectivity index (χ0n) is 14.6. The van der Waals surface area contributed by atoms with Crippen molar-refractivity contribution in [3.63, 3.8) is 0 Å². The van der Waals surface area contributed by atoms with Gasteiger partial charge in [0.25, 0.3) is 5.91 Å². The molecule has 0 bridgehead atoms. The fourth-order valence-corrected chi connectivity index (χ4v) is 2.13. The smallest absolute Gasteiger partial charge is 0.344 e. The number of hydrogen-bond acceptors (Lipinski definition) is 5. The Morgan fingerprint density at radius 3 is 2.59 bits per heavy atom. The van der Waals surface area contributed by atoms with E-state index < -0.39 is 17.7 Å². The van der Waals surface area contributed by atoms with E-state index in [1.54, 1.807) is 43.3 Å². The van der Waals surface area contributed by atoms with Crippen LogP contribution in [0.5, 0.6) is 5.75 Å². The maximum absolute atomic E-state index is 13.7. The molecule has 2 rings (SSSR count). The summed E-state index contributed by atoms with van der Waals surface area (Å²) in [6, 6.07) is 14.0. The molecular formula is C20H17FN2O4. The summed E-state index contributed by atoms with van der Waals surface area (Å²) in [7, 11) is 0. The van der Waals surface area contributed by atoms with E-state index in [2.05, 4.69) is 5.32 Å². The first kappa shape index (κ1) is 19.7. The third-order valence-electron chi connectivity index (χ3n) is 3.36. The molecule has 0 saturated heterocycles. The first-order valence-electron chi connectivity index (χ1n) is 8.10. The lowest BCUT2D eigenvalue weighted by Crippen LogP contribution is -2.15. The highest BCUT2D eigenvalue weighted by Gasteiger charge is 2.13. The number of carbonyl (C=O) groups is 2. The standard InChI is InChI=1S/C20H17FN2O4/c1-2-26-19(24)13-27-18-10-6-3-7-14(18)11-15(12-22)20(25)23-17-9-5-4-8-16(17)21/h3-11H,2,13H2,1H3,(H,23,25)/b15-11-. The van der Waals surface area contributed by atoms with E-state index in [-0.39, 0.29) is 24.5 Å². The van der Waals surface area contributed by atoms with Crippen LogP contribution in [0.25, 0.3) is 6.08 Å². The highest BCUT2D eigenvalue weighted by atomic mass is 19.1. The van der Waals surface area contributed by atoms with Crippen LogP contribution < -0.4 is 10.1 Å². The maximum Gasteiger partial charge on any atom is 0.344 e. The average Bonchev–Trinajstić information content (AvgIpc) is 2.67.